The number of carbonyl (C=O) groups excluding carboxylic acids is 1. The Labute approximate surface area is 296 Å². The SMILES string of the molecule is CC[C@H]1OC(=O)[C@H](C)[C@@H](O)[C@@H](C)[C@@H](O[C@@H]2O[C@H](C)C[C@H](N(C)C)[C@H]2O)[C@](C)(OC)C[C@@H](C)CC(C)[C@H](CCNCc2ccccc2)[C@]1(C)O. The van der Waals surface area contributed by atoms with Crippen LogP contribution in [0.3, 0.4) is 0 Å². The van der Waals surface area contributed by atoms with Crippen molar-refractivity contribution in [2.75, 3.05) is 27.7 Å². The van der Waals surface area contributed by atoms with Crippen LogP contribution in [0.5, 0.6) is 0 Å². The summed E-state index contributed by atoms with van der Waals surface area (Å²) in [5.74, 6) is -2.06. The van der Waals surface area contributed by atoms with Crippen molar-refractivity contribution in [1.29, 1.82) is 0 Å². The van der Waals surface area contributed by atoms with E-state index in [0.717, 1.165) is 13.0 Å². The van der Waals surface area contributed by atoms with Crippen LogP contribution in [0.2, 0.25) is 0 Å². The predicted molar refractivity (Wildman–Crippen MR) is 192 cm³/mol. The van der Waals surface area contributed by atoms with E-state index in [-0.39, 0.29) is 29.9 Å². The molecule has 282 valence electrons. The second-order valence-electron chi connectivity index (χ2n) is 15.9. The molecule has 2 saturated heterocycles. The van der Waals surface area contributed by atoms with Crippen LogP contribution in [0.15, 0.2) is 30.3 Å². The van der Waals surface area contributed by atoms with Crippen molar-refractivity contribution in [3.63, 3.8) is 0 Å². The van der Waals surface area contributed by atoms with E-state index >= 15 is 0 Å². The molecule has 1 unspecified atom stereocenters. The van der Waals surface area contributed by atoms with E-state index in [2.05, 4.69) is 31.3 Å². The van der Waals surface area contributed by atoms with Gasteiger partial charge in [0.15, 0.2) is 6.29 Å². The minimum Gasteiger partial charge on any atom is -0.459 e. The van der Waals surface area contributed by atoms with Gasteiger partial charge in [-0.05, 0) is 104 Å². The summed E-state index contributed by atoms with van der Waals surface area (Å²) in [5.41, 5.74) is -1.02. The average Bonchev–Trinajstić information content (AvgIpc) is 3.05. The lowest BCUT2D eigenvalue weighted by Crippen LogP contribution is -2.59. The maximum absolute atomic E-state index is 13.7. The first kappa shape index (κ1) is 41.8. The number of methoxy groups -OCH3 is 1. The second kappa shape index (κ2) is 18.2. The highest BCUT2D eigenvalue weighted by Gasteiger charge is 2.50. The zero-order valence-corrected chi connectivity index (χ0v) is 32.1. The molecule has 3 rings (SSSR count). The summed E-state index contributed by atoms with van der Waals surface area (Å²) in [6.07, 6.45) is -1.53. The number of likely N-dealkylation sites (N-methyl/N-ethyl adjacent to an activating group) is 1. The number of cyclic esters (lactones) is 1. The molecule has 1 aromatic rings. The molecular weight excluding hydrogens is 624 g/mol. The van der Waals surface area contributed by atoms with E-state index in [1.165, 1.54) is 5.56 Å². The van der Waals surface area contributed by atoms with Gasteiger partial charge in [0.05, 0.1) is 29.8 Å². The lowest BCUT2D eigenvalue weighted by Gasteiger charge is -2.48. The van der Waals surface area contributed by atoms with Crippen molar-refractivity contribution in [3.05, 3.63) is 35.9 Å². The number of aliphatic hydroxyl groups is 3. The number of carbonyl (C=O) groups is 1. The van der Waals surface area contributed by atoms with Crippen LogP contribution in [0, 0.1) is 29.6 Å². The quantitative estimate of drug-likeness (QED) is 0.201. The molecule has 0 saturated carbocycles. The smallest absolute Gasteiger partial charge is 0.311 e. The highest BCUT2D eigenvalue weighted by atomic mass is 16.7. The van der Waals surface area contributed by atoms with E-state index in [4.69, 9.17) is 18.9 Å². The Morgan fingerprint density at radius 2 is 1.67 bits per heavy atom. The van der Waals surface area contributed by atoms with Crippen LogP contribution in [-0.4, -0.2) is 108 Å². The molecule has 0 radical (unpaired) electrons. The van der Waals surface area contributed by atoms with E-state index in [9.17, 15) is 20.1 Å². The zero-order valence-electron chi connectivity index (χ0n) is 32.1. The van der Waals surface area contributed by atoms with Gasteiger partial charge in [-0.15, -0.1) is 0 Å². The highest BCUT2D eigenvalue weighted by Crippen LogP contribution is 2.42. The fourth-order valence-electron chi connectivity index (χ4n) is 8.63. The van der Waals surface area contributed by atoms with Crippen LogP contribution >= 0.6 is 0 Å². The summed E-state index contributed by atoms with van der Waals surface area (Å²) in [4.78, 5) is 15.7. The highest BCUT2D eigenvalue weighted by molar-refractivity contribution is 5.73. The molecule has 10 nitrogen and oxygen atoms in total. The molecule has 2 aliphatic heterocycles. The van der Waals surface area contributed by atoms with Gasteiger partial charge in [-0.2, -0.15) is 0 Å². The van der Waals surface area contributed by atoms with E-state index in [0.29, 0.717) is 32.2 Å². The summed E-state index contributed by atoms with van der Waals surface area (Å²) in [5, 5.41) is 38.9. The number of ether oxygens (including phenoxy) is 4. The summed E-state index contributed by atoms with van der Waals surface area (Å²) < 4.78 is 25.3. The predicted octanol–water partition coefficient (Wildman–Crippen LogP) is 4.77. The molecule has 1 aromatic carbocycles. The van der Waals surface area contributed by atoms with Crippen molar-refractivity contribution in [3.8, 4) is 0 Å². The molecule has 0 spiro atoms. The minimum atomic E-state index is -1.30. The van der Waals surface area contributed by atoms with Crippen molar-refractivity contribution >= 4 is 5.97 Å². The topological polar surface area (TPSA) is 130 Å². The first-order valence-electron chi connectivity index (χ1n) is 18.5. The summed E-state index contributed by atoms with van der Waals surface area (Å²) in [6, 6.07) is 10.1. The molecule has 2 heterocycles. The Morgan fingerprint density at radius 3 is 2.27 bits per heavy atom. The van der Waals surface area contributed by atoms with Crippen molar-refractivity contribution in [2.45, 2.75) is 148 Å². The Balaban J connectivity index is 1.96. The van der Waals surface area contributed by atoms with Gasteiger partial charge in [-0.3, -0.25) is 4.79 Å². The van der Waals surface area contributed by atoms with Crippen LogP contribution in [0.25, 0.3) is 0 Å². The fourth-order valence-corrected chi connectivity index (χ4v) is 8.63. The number of hydrogen-bond acceptors (Lipinski definition) is 10. The van der Waals surface area contributed by atoms with Gasteiger partial charge >= 0.3 is 5.97 Å². The Bertz CT molecular complexity index is 1140. The van der Waals surface area contributed by atoms with Crippen molar-refractivity contribution in [1.82, 2.24) is 10.2 Å². The number of benzene rings is 1. The third-order valence-electron chi connectivity index (χ3n) is 11.6. The molecule has 0 amide bonds. The summed E-state index contributed by atoms with van der Waals surface area (Å²) in [7, 11) is 5.51. The van der Waals surface area contributed by atoms with Gasteiger partial charge in [0.2, 0.25) is 0 Å². The number of rotatable bonds is 10. The minimum absolute atomic E-state index is 0.0744. The van der Waals surface area contributed by atoms with Gasteiger partial charge in [-0.1, -0.05) is 58.0 Å². The van der Waals surface area contributed by atoms with Gasteiger partial charge in [0, 0.05) is 25.6 Å². The van der Waals surface area contributed by atoms with Crippen LogP contribution in [0.4, 0.5) is 0 Å². The molecule has 2 fully saturated rings. The molecule has 10 heteroatoms. The normalized spacial score (nSPS) is 41.7. The van der Waals surface area contributed by atoms with Crippen LogP contribution in [0.1, 0.15) is 93.1 Å². The van der Waals surface area contributed by atoms with Gasteiger partial charge in [0.25, 0.3) is 0 Å². The third kappa shape index (κ3) is 10.5. The average molecular weight is 693 g/mol. The Morgan fingerprint density at radius 1 is 1.02 bits per heavy atom. The van der Waals surface area contributed by atoms with Crippen molar-refractivity contribution < 1.29 is 39.1 Å². The maximum Gasteiger partial charge on any atom is 0.311 e. The second-order valence-corrected chi connectivity index (χ2v) is 15.9. The van der Waals surface area contributed by atoms with Gasteiger partial charge in [-0.25, -0.2) is 0 Å². The molecule has 0 bridgehead atoms. The van der Waals surface area contributed by atoms with Crippen LogP contribution in [-0.2, 0) is 30.3 Å². The molecule has 49 heavy (non-hydrogen) atoms. The van der Waals surface area contributed by atoms with E-state index in [1.54, 1.807) is 21.0 Å². The number of nitrogens with zero attached hydrogens (tertiary/aromatic N) is 1. The van der Waals surface area contributed by atoms with Gasteiger partial charge in [0.1, 0.15) is 17.8 Å². The Kier molecular flexibility index (Phi) is 15.5. The van der Waals surface area contributed by atoms with E-state index < -0.39 is 59.7 Å². The molecule has 14 atom stereocenters. The maximum atomic E-state index is 13.7. The monoisotopic (exact) mass is 692 g/mol. The largest absolute Gasteiger partial charge is 0.459 e. The number of nitrogens with one attached hydrogen (secondary N) is 1. The first-order chi connectivity index (χ1) is 23.0. The molecule has 0 aliphatic carbocycles. The molecule has 4 N–H and O–H groups in total. The van der Waals surface area contributed by atoms with Crippen LogP contribution < -0.4 is 5.32 Å². The first-order valence-corrected chi connectivity index (χ1v) is 18.5. The van der Waals surface area contributed by atoms with E-state index in [1.807, 2.05) is 64.9 Å². The Hall–Kier alpha value is -1.63. The number of aliphatic hydroxyl groups excluding tert-OH is 2. The third-order valence-corrected chi connectivity index (χ3v) is 11.6. The lowest BCUT2D eigenvalue weighted by atomic mass is 9.70. The standard InChI is InChI=1S/C39H68N2O8/c1-12-32-39(8,45)30(18-19-40-23-29-16-14-13-15-17-29)25(3)20-24(2)22-38(7,46-11)35(27(5)33(42)28(6)36(44)48-32)49-37-34(43)31(41(9)10)21-26(4)47-37/h13-17,24-28,30-35,37,40,42-43,45H,12,18-23H2,1-11H3/t24-,25?,26+,27+,28+,30-,31-,32+,33-,34+,35+,37-,38+,39-/m0/s1. The number of hydrogen-bond donors (Lipinski definition) is 4. The number of esters is 1. The zero-order chi connectivity index (χ0) is 36.7. The molecule has 2 aliphatic rings. The summed E-state index contributed by atoms with van der Waals surface area (Å²) in [6.45, 7) is 16.9. The molecular formula is C39H68N2O8. The fraction of sp³-hybridized carbons (Fsp3) is 0.821. The lowest BCUT2D eigenvalue weighted by molar-refractivity contribution is -0.301. The van der Waals surface area contributed by atoms with Crippen molar-refractivity contribution in [2.24, 2.45) is 29.6 Å². The molecule has 0 aromatic heterocycles. The van der Waals surface area contributed by atoms with Gasteiger partial charge < -0.3 is 44.5 Å². The summed E-state index contributed by atoms with van der Waals surface area (Å²) >= 11 is 0.